The molecule has 168 valence electrons. The highest BCUT2D eigenvalue weighted by atomic mass is 32.2. The Balaban J connectivity index is 1.50. The monoisotopic (exact) mass is 476 g/mol. The van der Waals surface area contributed by atoms with Crippen LogP contribution in [0.1, 0.15) is 11.1 Å². The number of nitrogens with zero attached hydrogens (tertiary/aromatic N) is 2. The molecule has 1 saturated heterocycles. The minimum absolute atomic E-state index is 0.103. The standard InChI is InChI=1S/C19H19F3N2O5S2/c20-19(21,22)15-2-1-3-16(13-15)30(25,26)23-7-9-24(10-8-23)31(27,28)17-4-5-18-14(12-17)6-11-29-18/h1-5,12-13H,6-11H2. The van der Waals surface area contributed by atoms with Crippen molar-refractivity contribution in [3.05, 3.63) is 53.6 Å². The molecule has 2 aliphatic rings. The maximum Gasteiger partial charge on any atom is 0.416 e. The Bertz CT molecular complexity index is 1210. The third kappa shape index (κ3) is 4.16. The molecule has 0 saturated carbocycles. The molecule has 2 aromatic rings. The molecule has 0 unspecified atom stereocenters. The highest BCUT2D eigenvalue weighted by Gasteiger charge is 2.36. The Morgan fingerprint density at radius 1 is 0.806 bits per heavy atom. The number of alkyl halides is 3. The van der Waals surface area contributed by atoms with Crippen molar-refractivity contribution >= 4 is 20.0 Å². The summed E-state index contributed by atoms with van der Waals surface area (Å²) in [6.07, 6.45) is -4.05. The lowest BCUT2D eigenvalue weighted by Crippen LogP contribution is -2.50. The summed E-state index contributed by atoms with van der Waals surface area (Å²) >= 11 is 0. The first-order chi connectivity index (χ1) is 14.5. The van der Waals surface area contributed by atoms with Crippen molar-refractivity contribution in [2.24, 2.45) is 0 Å². The van der Waals surface area contributed by atoms with Crippen LogP contribution in [0.15, 0.2) is 52.3 Å². The van der Waals surface area contributed by atoms with E-state index in [1.807, 2.05) is 0 Å². The number of halogens is 3. The van der Waals surface area contributed by atoms with Gasteiger partial charge in [0.25, 0.3) is 0 Å². The van der Waals surface area contributed by atoms with Crippen molar-refractivity contribution in [2.75, 3.05) is 32.8 Å². The van der Waals surface area contributed by atoms with Crippen LogP contribution in [0.3, 0.4) is 0 Å². The van der Waals surface area contributed by atoms with Crippen molar-refractivity contribution < 1.29 is 34.7 Å². The largest absolute Gasteiger partial charge is 0.493 e. The van der Waals surface area contributed by atoms with Gasteiger partial charge in [-0.1, -0.05) is 6.07 Å². The van der Waals surface area contributed by atoms with Gasteiger partial charge >= 0.3 is 6.18 Å². The lowest BCUT2D eigenvalue weighted by molar-refractivity contribution is -0.137. The molecular formula is C19H19F3N2O5S2. The Labute approximate surface area is 178 Å². The fraction of sp³-hybridized carbons (Fsp3) is 0.368. The van der Waals surface area contributed by atoms with Crippen LogP contribution in [0, 0.1) is 0 Å². The first-order valence-electron chi connectivity index (χ1n) is 9.43. The minimum Gasteiger partial charge on any atom is -0.493 e. The molecule has 0 aliphatic carbocycles. The number of hydrogen-bond donors (Lipinski definition) is 0. The predicted octanol–water partition coefficient (Wildman–Crippen LogP) is 2.34. The molecule has 2 heterocycles. The predicted molar refractivity (Wildman–Crippen MR) is 105 cm³/mol. The molecule has 1 fully saturated rings. The summed E-state index contributed by atoms with van der Waals surface area (Å²) in [4.78, 5) is -0.372. The Morgan fingerprint density at radius 2 is 1.39 bits per heavy atom. The van der Waals surface area contributed by atoms with Crippen molar-refractivity contribution in [3.8, 4) is 5.75 Å². The minimum atomic E-state index is -4.67. The summed E-state index contributed by atoms with van der Waals surface area (Å²) in [6, 6.07) is 8.13. The van der Waals surface area contributed by atoms with E-state index in [1.165, 1.54) is 10.4 Å². The van der Waals surface area contributed by atoms with Crippen LogP contribution in [-0.4, -0.2) is 58.2 Å². The maximum atomic E-state index is 13.0. The van der Waals surface area contributed by atoms with Gasteiger partial charge in [0, 0.05) is 32.6 Å². The van der Waals surface area contributed by atoms with Crippen LogP contribution in [0.4, 0.5) is 13.2 Å². The molecule has 0 radical (unpaired) electrons. The molecule has 0 aromatic heterocycles. The molecule has 7 nitrogen and oxygen atoms in total. The lowest BCUT2D eigenvalue weighted by Gasteiger charge is -2.33. The fourth-order valence-corrected chi connectivity index (χ4v) is 6.55. The molecule has 4 rings (SSSR count). The quantitative estimate of drug-likeness (QED) is 0.677. The maximum absolute atomic E-state index is 13.0. The zero-order chi connectivity index (χ0) is 22.4. The molecule has 0 spiro atoms. The average molecular weight is 476 g/mol. The Kier molecular flexibility index (Phi) is 5.53. The van der Waals surface area contributed by atoms with Crippen molar-refractivity contribution in [3.63, 3.8) is 0 Å². The van der Waals surface area contributed by atoms with Crippen molar-refractivity contribution in [1.82, 2.24) is 8.61 Å². The first-order valence-corrected chi connectivity index (χ1v) is 12.3. The van der Waals surface area contributed by atoms with Gasteiger partial charge in [-0.15, -0.1) is 0 Å². The summed E-state index contributed by atoms with van der Waals surface area (Å²) in [5, 5.41) is 0. The Morgan fingerprint density at radius 3 is 1.97 bits per heavy atom. The normalized spacial score (nSPS) is 18.5. The van der Waals surface area contributed by atoms with Crippen LogP contribution >= 0.6 is 0 Å². The fourth-order valence-electron chi connectivity index (χ4n) is 3.60. The summed E-state index contributed by atoms with van der Waals surface area (Å²) in [6.45, 7) is -0.0369. The lowest BCUT2D eigenvalue weighted by atomic mass is 10.2. The smallest absolute Gasteiger partial charge is 0.416 e. The molecule has 0 amide bonds. The van der Waals surface area contributed by atoms with Crippen LogP contribution in [0.5, 0.6) is 5.75 Å². The summed E-state index contributed by atoms with van der Waals surface area (Å²) in [5.74, 6) is 0.649. The second-order valence-electron chi connectivity index (χ2n) is 7.20. The van der Waals surface area contributed by atoms with E-state index in [2.05, 4.69) is 0 Å². The zero-order valence-corrected chi connectivity index (χ0v) is 17.8. The van der Waals surface area contributed by atoms with Crippen LogP contribution in [0.25, 0.3) is 0 Å². The van der Waals surface area contributed by atoms with Gasteiger partial charge in [0.15, 0.2) is 0 Å². The van der Waals surface area contributed by atoms with Crippen LogP contribution in [0.2, 0.25) is 0 Å². The van der Waals surface area contributed by atoms with E-state index in [1.54, 1.807) is 12.1 Å². The van der Waals surface area contributed by atoms with E-state index in [9.17, 15) is 30.0 Å². The number of ether oxygens (including phenoxy) is 1. The highest BCUT2D eigenvalue weighted by Crippen LogP contribution is 2.32. The Hall–Kier alpha value is -2.15. The van der Waals surface area contributed by atoms with Gasteiger partial charge in [-0.25, -0.2) is 16.8 Å². The van der Waals surface area contributed by atoms with Gasteiger partial charge in [-0.05, 0) is 42.0 Å². The third-order valence-corrected chi connectivity index (χ3v) is 9.08. The van der Waals surface area contributed by atoms with E-state index in [4.69, 9.17) is 4.74 Å². The molecule has 2 aromatic carbocycles. The van der Waals surface area contributed by atoms with Gasteiger partial charge in [-0.3, -0.25) is 0 Å². The first kappa shape index (κ1) is 22.1. The van der Waals surface area contributed by atoms with Gasteiger partial charge in [0.1, 0.15) is 5.75 Å². The van der Waals surface area contributed by atoms with E-state index in [0.717, 1.165) is 28.1 Å². The third-order valence-electron chi connectivity index (χ3n) is 5.30. The summed E-state index contributed by atoms with van der Waals surface area (Å²) < 4.78 is 97.9. The van der Waals surface area contributed by atoms with E-state index in [0.29, 0.717) is 24.8 Å². The number of sulfonamides is 2. The highest BCUT2D eigenvalue weighted by molar-refractivity contribution is 7.89. The SMILES string of the molecule is O=S(=O)(c1cccc(C(F)(F)F)c1)N1CCN(S(=O)(=O)c2ccc3c(c2)CCO3)CC1. The second-order valence-corrected chi connectivity index (χ2v) is 11.1. The van der Waals surface area contributed by atoms with Crippen molar-refractivity contribution in [1.29, 1.82) is 0 Å². The molecule has 31 heavy (non-hydrogen) atoms. The molecule has 0 N–H and O–H groups in total. The van der Waals surface area contributed by atoms with Gasteiger partial charge < -0.3 is 4.74 Å². The van der Waals surface area contributed by atoms with Gasteiger partial charge in [0.05, 0.1) is 22.0 Å². The number of benzene rings is 2. The van der Waals surface area contributed by atoms with Gasteiger partial charge in [0.2, 0.25) is 20.0 Å². The topological polar surface area (TPSA) is 84.0 Å². The molecule has 0 atom stereocenters. The molecular weight excluding hydrogens is 457 g/mol. The number of fused-ring (bicyclic) bond motifs is 1. The number of hydrogen-bond acceptors (Lipinski definition) is 5. The molecule has 2 aliphatic heterocycles. The summed E-state index contributed by atoms with van der Waals surface area (Å²) in [5.41, 5.74) is -0.262. The average Bonchev–Trinajstić information content (AvgIpc) is 3.21. The molecule has 0 bridgehead atoms. The van der Waals surface area contributed by atoms with E-state index < -0.39 is 36.7 Å². The van der Waals surface area contributed by atoms with Crippen molar-refractivity contribution in [2.45, 2.75) is 22.4 Å². The number of rotatable bonds is 4. The zero-order valence-electron chi connectivity index (χ0n) is 16.2. The van der Waals surface area contributed by atoms with Crippen LogP contribution < -0.4 is 4.74 Å². The van der Waals surface area contributed by atoms with E-state index in [-0.39, 0.29) is 31.1 Å². The second kappa shape index (κ2) is 7.76. The van der Waals surface area contributed by atoms with E-state index >= 15 is 0 Å². The van der Waals surface area contributed by atoms with Gasteiger partial charge in [-0.2, -0.15) is 21.8 Å². The molecule has 12 heteroatoms. The summed E-state index contributed by atoms with van der Waals surface area (Å²) in [7, 11) is -8.03. The van der Waals surface area contributed by atoms with Crippen LogP contribution in [-0.2, 0) is 32.6 Å². The number of piperazine rings is 1.